The van der Waals surface area contributed by atoms with Gasteiger partial charge in [0.25, 0.3) is 5.91 Å². The summed E-state index contributed by atoms with van der Waals surface area (Å²) in [6, 6.07) is 8.35. The number of amides is 2. The van der Waals surface area contributed by atoms with Crippen LogP contribution >= 0.6 is 0 Å². The number of nitrogens with zero attached hydrogens (tertiary/aromatic N) is 2. The monoisotopic (exact) mass is 433 g/mol. The minimum atomic E-state index is -3.67. The Balaban J connectivity index is 1.48. The molecular weight excluding hydrogens is 410 g/mol. The summed E-state index contributed by atoms with van der Waals surface area (Å²) >= 11 is 0. The topological polar surface area (TPSA) is 109 Å². The number of furan rings is 1. The van der Waals surface area contributed by atoms with Crippen molar-refractivity contribution in [1.29, 1.82) is 0 Å². The zero-order chi connectivity index (χ0) is 21.3. The van der Waals surface area contributed by atoms with Gasteiger partial charge in [0.1, 0.15) is 17.3 Å². The number of rotatable bonds is 6. The van der Waals surface area contributed by atoms with Crippen LogP contribution in [0.1, 0.15) is 34.7 Å². The maximum Gasteiger partial charge on any atom is 0.410 e. The first-order valence-electron chi connectivity index (χ1n) is 9.77. The van der Waals surface area contributed by atoms with Crippen molar-refractivity contribution in [1.82, 2.24) is 9.21 Å². The Morgan fingerprint density at radius 2 is 1.93 bits per heavy atom. The summed E-state index contributed by atoms with van der Waals surface area (Å²) in [6.45, 7) is 3.76. The van der Waals surface area contributed by atoms with Gasteiger partial charge in [0.2, 0.25) is 10.0 Å². The molecule has 160 valence electrons. The zero-order valence-electron chi connectivity index (χ0n) is 16.6. The van der Waals surface area contributed by atoms with Crippen molar-refractivity contribution in [3.8, 4) is 0 Å². The summed E-state index contributed by atoms with van der Waals surface area (Å²) in [5, 5.41) is 2.72. The maximum atomic E-state index is 12.8. The smallest absolute Gasteiger partial charge is 0.410 e. The Hall–Kier alpha value is -2.85. The number of cyclic esters (lactones) is 1. The summed E-state index contributed by atoms with van der Waals surface area (Å²) in [6.07, 6.45) is 1.30. The van der Waals surface area contributed by atoms with Crippen molar-refractivity contribution >= 4 is 27.7 Å². The summed E-state index contributed by atoms with van der Waals surface area (Å²) in [5.74, 6) is -0.425. The maximum absolute atomic E-state index is 12.8. The van der Waals surface area contributed by atoms with Crippen LogP contribution in [0.3, 0.4) is 0 Å². The number of carbonyl (C=O) groups excluding carboxylic acids is 2. The molecule has 2 fully saturated rings. The van der Waals surface area contributed by atoms with E-state index in [1.54, 1.807) is 23.1 Å². The first kappa shape index (κ1) is 20.4. The van der Waals surface area contributed by atoms with Gasteiger partial charge in [0.15, 0.2) is 5.76 Å². The Morgan fingerprint density at radius 1 is 1.17 bits per heavy atom. The number of sulfonamides is 1. The predicted octanol–water partition coefficient (Wildman–Crippen LogP) is 2.58. The number of ether oxygens (including phenoxy) is 1. The molecule has 2 aliphatic heterocycles. The van der Waals surface area contributed by atoms with Crippen LogP contribution in [0.25, 0.3) is 0 Å². The van der Waals surface area contributed by atoms with Crippen LogP contribution in [0.4, 0.5) is 10.5 Å². The number of nitrogens with one attached hydrogen (secondary N) is 1. The van der Waals surface area contributed by atoms with E-state index in [0.717, 1.165) is 18.4 Å². The van der Waals surface area contributed by atoms with Crippen LogP contribution in [-0.2, 0) is 21.3 Å². The van der Waals surface area contributed by atoms with E-state index < -0.39 is 15.9 Å². The summed E-state index contributed by atoms with van der Waals surface area (Å²) in [5.41, 5.74) is 1.35. The first-order valence-corrected chi connectivity index (χ1v) is 11.2. The lowest BCUT2D eigenvalue weighted by molar-refractivity contribution is 0.0995. The van der Waals surface area contributed by atoms with Crippen LogP contribution in [-0.4, -0.2) is 55.9 Å². The molecule has 2 saturated heterocycles. The second-order valence-electron chi connectivity index (χ2n) is 7.33. The van der Waals surface area contributed by atoms with Gasteiger partial charge >= 0.3 is 6.09 Å². The molecule has 1 N–H and O–H groups in total. The lowest BCUT2D eigenvalue weighted by Gasteiger charge is -2.14. The van der Waals surface area contributed by atoms with Crippen molar-refractivity contribution < 1.29 is 27.2 Å². The molecular formula is C20H23N3O6S. The average Bonchev–Trinajstić information content (AvgIpc) is 3.44. The summed E-state index contributed by atoms with van der Waals surface area (Å²) in [7, 11) is -3.67. The highest BCUT2D eigenvalue weighted by Gasteiger charge is 2.31. The van der Waals surface area contributed by atoms with Crippen LogP contribution in [0.2, 0.25) is 0 Å². The number of hydrogen-bond acceptors (Lipinski definition) is 6. The molecule has 30 heavy (non-hydrogen) atoms. The molecule has 10 heteroatoms. The highest BCUT2D eigenvalue weighted by atomic mass is 32.2. The van der Waals surface area contributed by atoms with Gasteiger partial charge in [-0.15, -0.1) is 0 Å². The second-order valence-corrected chi connectivity index (χ2v) is 9.24. The molecule has 1 aromatic carbocycles. The van der Waals surface area contributed by atoms with E-state index in [0.29, 0.717) is 38.5 Å². The molecule has 3 heterocycles. The van der Waals surface area contributed by atoms with Gasteiger partial charge in [-0.2, -0.15) is 4.31 Å². The second kappa shape index (κ2) is 8.11. The van der Waals surface area contributed by atoms with E-state index in [-0.39, 0.29) is 22.5 Å². The van der Waals surface area contributed by atoms with Crippen LogP contribution in [0.15, 0.2) is 39.6 Å². The van der Waals surface area contributed by atoms with E-state index >= 15 is 0 Å². The number of carbonyl (C=O) groups is 2. The SMILES string of the molecule is Cc1oc(C(=O)Nc2cccc(CN3CCOC3=O)c2)cc1S(=O)(=O)N1CCCC1. The van der Waals surface area contributed by atoms with Crippen molar-refractivity contribution in [3.05, 3.63) is 47.4 Å². The highest BCUT2D eigenvalue weighted by Crippen LogP contribution is 2.27. The Labute approximate surface area is 174 Å². The number of hydrogen-bond donors (Lipinski definition) is 1. The number of anilines is 1. The summed E-state index contributed by atoms with van der Waals surface area (Å²) < 4.78 is 37.4. The molecule has 4 rings (SSSR count). The average molecular weight is 433 g/mol. The largest absolute Gasteiger partial charge is 0.455 e. The fourth-order valence-electron chi connectivity index (χ4n) is 3.63. The molecule has 2 aliphatic rings. The lowest BCUT2D eigenvalue weighted by atomic mass is 10.2. The molecule has 1 aromatic heterocycles. The molecule has 0 spiro atoms. The minimum Gasteiger partial charge on any atom is -0.455 e. The van der Waals surface area contributed by atoms with Gasteiger partial charge < -0.3 is 19.4 Å². The van der Waals surface area contributed by atoms with Crippen molar-refractivity contribution in [2.24, 2.45) is 0 Å². The fourth-order valence-corrected chi connectivity index (χ4v) is 5.31. The number of aryl methyl sites for hydroxylation is 1. The van der Waals surface area contributed by atoms with E-state index in [4.69, 9.17) is 9.15 Å². The molecule has 2 aromatic rings. The Bertz CT molecular complexity index is 1070. The molecule has 9 nitrogen and oxygen atoms in total. The molecule has 2 amide bonds. The molecule has 0 unspecified atom stereocenters. The first-order chi connectivity index (χ1) is 14.3. The molecule has 0 bridgehead atoms. The van der Waals surface area contributed by atoms with Crippen molar-refractivity contribution in [2.45, 2.75) is 31.2 Å². The molecule has 0 aliphatic carbocycles. The molecule has 0 atom stereocenters. The third kappa shape index (κ3) is 4.05. The van der Waals surface area contributed by atoms with Gasteiger partial charge in [-0.1, -0.05) is 12.1 Å². The third-order valence-corrected chi connectivity index (χ3v) is 7.19. The Morgan fingerprint density at radius 3 is 2.63 bits per heavy atom. The zero-order valence-corrected chi connectivity index (χ0v) is 17.4. The van der Waals surface area contributed by atoms with Gasteiger partial charge in [0.05, 0.1) is 6.54 Å². The van der Waals surface area contributed by atoms with E-state index in [2.05, 4.69) is 5.32 Å². The standard InChI is InChI=1S/C20H23N3O6S/c1-14-18(30(26,27)23-7-2-3-8-23)12-17(29-14)19(24)21-16-6-4-5-15(11-16)13-22-9-10-28-20(22)25/h4-6,11-12H,2-3,7-10,13H2,1H3,(H,21,24). The van der Waals surface area contributed by atoms with E-state index in [1.165, 1.54) is 17.3 Å². The van der Waals surface area contributed by atoms with Gasteiger partial charge in [0, 0.05) is 31.4 Å². The Kier molecular flexibility index (Phi) is 5.52. The number of benzene rings is 1. The normalized spacial score (nSPS) is 17.4. The predicted molar refractivity (Wildman–Crippen MR) is 108 cm³/mol. The third-order valence-electron chi connectivity index (χ3n) is 5.18. The van der Waals surface area contributed by atoms with Crippen LogP contribution in [0, 0.1) is 6.92 Å². The van der Waals surface area contributed by atoms with E-state index in [9.17, 15) is 18.0 Å². The minimum absolute atomic E-state index is 0.0239. The van der Waals surface area contributed by atoms with Crippen LogP contribution < -0.4 is 5.32 Å². The quantitative estimate of drug-likeness (QED) is 0.750. The van der Waals surface area contributed by atoms with Crippen molar-refractivity contribution in [3.63, 3.8) is 0 Å². The molecule has 0 saturated carbocycles. The fraction of sp³-hybridized carbons (Fsp3) is 0.400. The van der Waals surface area contributed by atoms with E-state index in [1.807, 2.05) is 6.07 Å². The van der Waals surface area contributed by atoms with Crippen LogP contribution in [0.5, 0.6) is 0 Å². The highest BCUT2D eigenvalue weighted by molar-refractivity contribution is 7.89. The van der Waals surface area contributed by atoms with Crippen molar-refractivity contribution in [2.75, 3.05) is 31.6 Å². The van der Waals surface area contributed by atoms with Gasteiger partial charge in [-0.3, -0.25) is 4.79 Å². The lowest BCUT2D eigenvalue weighted by Crippen LogP contribution is -2.28. The molecule has 0 radical (unpaired) electrons. The summed E-state index contributed by atoms with van der Waals surface area (Å²) in [4.78, 5) is 25.8. The van der Waals surface area contributed by atoms with Gasteiger partial charge in [-0.05, 0) is 37.5 Å². The van der Waals surface area contributed by atoms with Gasteiger partial charge in [-0.25, -0.2) is 13.2 Å².